The Morgan fingerprint density at radius 2 is 2.27 bits per heavy atom. The zero-order valence-electron chi connectivity index (χ0n) is 9.02. The van der Waals surface area contributed by atoms with Gasteiger partial charge < -0.3 is 14.7 Å². The molecule has 2 aliphatic heterocycles. The summed E-state index contributed by atoms with van der Waals surface area (Å²) in [6, 6.07) is 0.0550. The monoisotopic (exact) mass is 213 g/mol. The van der Waals surface area contributed by atoms with Crippen molar-refractivity contribution < 1.29 is 14.6 Å². The predicted octanol–water partition coefficient (Wildman–Crippen LogP) is 0.396. The van der Waals surface area contributed by atoms with Gasteiger partial charge in [-0.1, -0.05) is 0 Å². The third-order valence-electron chi connectivity index (χ3n) is 3.38. The molecular formula is C11H19NO3. The largest absolute Gasteiger partial charge is 0.394 e. The Hall–Kier alpha value is -0.610. The van der Waals surface area contributed by atoms with Crippen molar-refractivity contribution in [2.75, 3.05) is 26.4 Å². The van der Waals surface area contributed by atoms with Gasteiger partial charge >= 0.3 is 0 Å². The van der Waals surface area contributed by atoms with Gasteiger partial charge in [-0.3, -0.25) is 4.79 Å². The van der Waals surface area contributed by atoms with Gasteiger partial charge in [-0.2, -0.15) is 0 Å². The van der Waals surface area contributed by atoms with E-state index < -0.39 is 0 Å². The molecule has 2 rings (SSSR count). The van der Waals surface area contributed by atoms with E-state index in [0.717, 1.165) is 38.8 Å². The minimum absolute atomic E-state index is 0.0332. The molecule has 2 atom stereocenters. The van der Waals surface area contributed by atoms with Gasteiger partial charge in [0.1, 0.15) is 0 Å². The third kappa shape index (κ3) is 2.32. The SMILES string of the molecule is O=C(C1CCCOC1)N1CCC[C@H]1CO. The maximum atomic E-state index is 12.1. The smallest absolute Gasteiger partial charge is 0.228 e. The first-order valence-electron chi connectivity index (χ1n) is 5.82. The predicted molar refractivity (Wildman–Crippen MR) is 55.4 cm³/mol. The van der Waals surface area contributed by atoms with E-state index in [0.29, 0.717) is 6.61 Å². The highest BCUT2D eigenvalue weighted by molar-refractivity contribution is 5.79. The van der Waals surface area contributed by atoms with Crippen molar-refractivity contribution in [1.82, 2.24) is 4.90 Å². The number of hydrogen-bond donors (Lipinski definition) is 1. The molecule has 15 heavy (non-hydrogen) atoms. The molecule has 0 bridgehead atoms. The van der Waals surface area contributed by atoms with Crippen LogP contribution in [0.2, 0.25) is 0 Å². The Kier molecular flexibility index (Phi) is 3.59. The number of carbonyl (C=O) groups is 1. The summed E-state index contributed by atoms with van der Waals surface area (Å²) in [4.78, 5) is 14.0. The fraction of sp³-hybridized carbons (Fsp3) is 0.909. The molecule has 0 aliphatic carbocycles. The summed E-state index contributed by atoms with van der Waals surface area (Å²) in [5.41, 5.74) is 0. The Bertz CT molecular complexity index is 226. The summed E-state index contributed by atoms with van der Waals surface area (Å²) in [7, 11) is 0. The van der Waals surface area contributed by atoms with Crippen LogP contribution in [-0.2, 0) is 9.53 Å². The maximum absolute atomic E-state index is 12.1. The number of likely N-dealkylation sites (tertiary alicyclic amines) is 1. The van der Waals surface area contributed by atoms with E-state index in [2.05, 4.69) is 0 Å². The summed E-state index contributed by atoms with van der Waals surface area (Å²) in [6.45, 7) is 2.25. The fourth-order valence-corrected chi connectivity index (χ4v) is 2.49. The topological polar surface area (TPSA) is 49.8 Å². The van der Waals surface area contributed by atoms with Crippen LogP contribution < -0.4 is 0 Å². The quantitative estimate of drug-likeness (QED) is 0.722. The molecule has 0 aromatic heterocycles. The highest BCUT2D eigenvalue weighted by Gasteiger charge is 2.33. The molecule has 1 N–H and O–H groups in total. The van der Waals surface area contributed by atoms with Gasteiger partial charge in [-0.05, 0) is 25.7 Å². The molecule has 86 valence electrons. The lowest BCUT2D eigenvalue weighted by atomic mass is 10.0. The molecule has 0 spiro atoms. The Balaban J connectivity index is 1.93. The summed E-state index contributed by atoms with van der Waals surface area (Å²) in [6.07, 6.45) is 3.88. The van der Waals surface area contributed by atoms with Crippen molar-refractivity contribution in [3.63, 3.8) is 0 Å². The molecule has 2 saturated heterocycles. The van der Waals surface area contributed by atoms with Crippen molar-refractivity contribution in [2.24, 2.45) is 5.92 Å². The normalized spacial score (nSPS) is 31.9. The molecule has 0 aromatic rings. The number of aliphatic hydroxyl groups excluding tert-OH is 1. The molecule has 1 unspecified atom stereocenters. The Labute approximate surface area is 90.2 Å². The average Bonchev–Trinajstić information content (AvgIpc) is 2.77. The number of amides is 1. The van der Waals surface area contributed by atoms with Gasteiger partial charge in [-0.25, -0.2) is 0 Å². The minimum atomic E-state index is 0.0332. The standard InChI is InChI=1S/C11H19NO3/c13-7-10-4-1-5-12(10)11(14)9-3-2-6-15-8-9/h9-10,13H,1-8H2/t9?,10-/m0/s1. The summed E-state index contributed by atoms with van der Waals surface area (Å²) < 4.78 is 5.32. The molecule has 0 radical (unpaired) electrons. The minimum Gasteiger partial charge on any atom is -0.394 e. The van der Waals surface area contributed by atoms with E-state index in [4.69, 9.17) is 9.84 Å². The first kappa shape index (κ1) is 10.9. The van der Waals surface area contributed by atoms with E-state index >= 15 is 0 Å². The first-order valence-corrected chi connectivity index (χ1v) is 5.82. The number of nitrogens with zero attached hydrogens (tertiary/aromatic N) is 1. The van der Waals surface area contributed by atoms with Crippen LogP contribution >= 0.6 is 0 Å². The second-order valence-corrected chi connectivity index (χ2v) is 4.42. The highest BCUT2D eigenvalue weighted by Crippen LogP contribution is 2.23. The second-order valence-electron chi connectivity index (χ2n) is 4.42. The lowest BCUT2D eigenvalue weighted by Gasteiger charge is -2.29. The molecular weight excluding hydrogens is 194 g/mol. The lowest BCUT2D eigenvalue weighted by Crippen LogP contribution is -2.43. The number of hydrogen-bond acceptors (Lipinski definition) is 3. The molecule has 2 fully saturated rings. The molecule has 4 nitrogen and oxygen atoms in total. The van der Waals surface area contributed by atoms with Crippen molar-refractivity contribution in [2.45, 2.75) is 31.7 Å². The van der Waals surface area contributed by atoms with Crippen molar-refractivity contribution in [3.05, 3.63) is 0 Å². The third-order valence-corrected chi connectivity index (χ3v) is 3.38. The van der Waals surface area contributed by atoms with Gasteiger partial charge in [0.15, 0.2) is 0 Å². The van der Waals surface area contributed by atoms with E-state index in [1.807, 2.05) is 4.90 Å². The van der Waals surface area contributed by atoms with Gasteiger partial charge in [0, 0.05) is 13.2 Å². The van der Waals surface area contributed by atoms with Crippen LogP contribution in [-0.4, -0.2) is 48.3 Å². The molecule has 0 aromatic carbocycles. The Morgan fingerprint density at radius 1 is 1.40 bits per heavy atom. The van der Waals surface area contributed by atoms with Crippen LogP contribution in [0.15, 0.2) is 0 Å². The molecule has 2 heterocycles. The van der Waals surface area contributed by atoms with Gasteiger partial charge in [0.05, 0.1) is 25.2 Å². The van der Waals surface area contributed by atoms with Crippen LogP contribution in [0, 0.1) is 5.92 Å². The van der Waals surface area contributed by atoms with Gasteiger partial charge in [0.2, 0.25) is 5.91 Å². The highest BCUT2D eigenvalue weighted by atomic mass is 16.5. The molecule has 4 heteroatoms. The summed E-state index contributed by atoms with van der Waals surface area (Å²) in [5, 5.41) is 9.16. The lowest BCUT2D eigenvalue weighted by molar-refractivity contribution is -0.141. The fourth-order valence-electron chi connectivity index (χ4n) is 2.49. The van der Waals surface area contributed by atoms with E-state index in [1.165, 1.54) is 0 Å². The molecule has 0 saturated carbocycles. The zero-order valence-corrected chi connectivity index (χ0v) is 9.02. The zero-order chi connectivity index (χ0) is 10.7. The Morgan fingerprint density at radius 3 is 2.93 bits per heavy atom. The van der Waals surface area contributed by atoms with Crippen LogP contribution in [0.4, 0.5) is 0 Å². The number of ether oxygens (including phenoxy) is 1. The number of rotatable bonds is 2. The average molecular weight is 213 g/mol. The summed E-state index contributed by atoms with van der Waals surface area (Å²) >= 11 is 0. The van der Waals surface area contributed by atoms with Crippen molar-refractivity contribution in [1.29, 1.82) is 0 Å². The second kappa shape index (κ2) is 4.94. The van der Waals surface area contributed by atoms with E-state index in [-0.39, 0.29) is 24.5 Å². The van der Waals surface area contributed by atoms with Crippen LogP contribution in [0.3, 0.4) is 0 Å². The van der Waals surface area contributed by atoms with Gasteiger partial charge in [0.25, 0.3) is 0 Å². The van der Waals surface area contributed by atoms with Crippen LogP contribution in [0.25, 0.3) is 0 Å². The maximum Gasteiger partial charge on any atom is 0.228 e. The molecule has 2 aliphatic rings. The van der Waals surface area contributed by atoms with Gasteiger partial charge in [-0.15, -0.1) is 0 Å². The summed E-state index contributed by atoms with van der Waals surface area (Å²) in [5.74, 6) is 0.220. The van der Waals surface area contributed by atoms with Crippen LogP contribution in [0.5, 0.6) is 0 Å². The van der Waals surface area contributed by atoms with E-state index in [9.17, 15) is 4.79 Å². The van der Waals surface area contributed by atoms with E-state index in [1.54, 1.807) is 0 Å². The molecule has 1 amide bonds. The van der Waals surface area contributed by atoms with Crippen molar-refractivity contribution >= 4 is 5.91 Å². The van der Waals surface area contributed by atoms with Crippen LogP contribution in [0.1, 0.15) is 25.7 Å². The number of carbonyl (C=O) groups excluding carboxylic acids is 1. The van der Waals surface area contributed by atoms with Crippen molar-refractivity contribution in [3.8, 4) is 0 Å². The number of aliphatic hydroxyl groups is 1. The first-order chi connectivity index (χ1) is 7.33.